The van der Waals surface area contributed by atoms with Crippen molar-refractivity contribution in [1.29, 1.82) is 0 Å². The number of carboxylic acid groups (broad SMARTS) is 1. The van der Waals surface area contributed by atoms with Crippen LogP contribution < -0.4 is 16.0 Å². The van der Waals surface area contributed by atoms with Gasteiger partial charge in [0.05, 0.1) is 6.42 Å². The van der Waals surface area contributed by atoms with Crippen LogP contribution >= 0.6 is 0 Å². The average molecular weight is 596 g/mol. The van der Waals surface area contributed by atoms with Gasteiger partial charge in [0.1, 0.15) is 31.4 Å². The molecule has 0 spiro atoms. The summed E-state index contributed by atoms with van der Waals surface area (Å²) in [5.74, 6) is -5.54. The maximum absolute atomic E-state index is 12.9. The highest BCUT2D eigenvalue weighted by molar-refractivity contribution is 5.87. The van der Waals surface area contributed by atoms with Crippen molar-refractivity contribution in [3.05, 3.63) is 35.9 Å². The highest BCUT2D eigenvalue weighted by Crippen LogP contribution is 2.26. The highest BCUT2D eigenvalue weighted by atomic mass is 16.6. The fourth-order valence-electron chi connectivity index (χ4n) is 3.97. The van der Waals surface area contributed by atoms with Gasteiger partial charge < -0.3 is 44.7 Å². The molecule has 6 atom stereocenters. The van der Waals surface area contributed by atoms with Crippen LogP contribution in [0, 0.1) is 0 Å². The molecule has 0 aliphatic carbocycles. The third-order valence-electron chi connectivity index (χ3n) is 5.61. The number of esters is 3. The first-order valence-corrected chi connectivity index (χ1v) is 12.7. The number of alkyl carbamates (subject to hydrolysis) is 1. The largest absolute Gasteiger partial charge is 0.480 e. The van der Waals surface area contributed by atoms with E-state index in [1.54, 1.807) is 30.3 Å². The molecule has 1 heterocycles. The van der Waals surface area contributed by atoms with Crippen molar-refractivity contribution >= 4 is 41.8 Å². The first kappa shape index (κ1) is 33.5. The molecule has 2 rings (SSSR count). The molecule has 230 valence electrons. The van der Waals surface area contributed by atoms with E-state index in [1.807, 2.05) is 0 Å². The SMILES string of the molecule is CC(=O)N[C@@H]1[C@@H](OC(C)=O)[C@H](OC(C)=O)[C@@H](COC(C)=O)O[C@H]1NC(=O)C[C@H](NC(=O)OCc1ccccc1)C(=O)O. The molecule has 0 radical (unpaired) electrons. The Morgan fingerprint density at radius 1 is 0.857 bits per heavy atom. The number of nitrogens with one attached hydrogen (secondary N) is 3. The summed E-state index contributed by atoms with van der Waals surface area (Å²) in [4.78, 5) is 84.1. The third kappa shape index (κ3) is 11.0. The van der Waals surface area contributed by atoms with Crippen LogP contribution in [-0.4, -0.2) is 90.1 Å². The zero-order valence-corrected chi connectivity index (χ0v) is 23.3. The molecule has 0 aromatic heterocycles. The van der Waals surface area contributed by atoms with E-state index < -0.39 is 91.4 Å². The summed E-state index contributed by atoms with van der Waals surface area (Å²) in [6.45, 7) is 3.71. The van der Waals surface area contributed by atoms with Crippen LogP contribution in [0.25, 0.3) is 0 Å². The molecule has 1 aromatic carbocycles. The third-order valence-corrected chi connectivity index (χ3v) is 5.61. The topological polar surface area (TPSA) is 222 Å². The van der Waals surface area contributed by atoms with Gasteiger partial charge in [-0.2, -0.15) is 0 Å². The molecule has 16 nitrogen and oxygen atoms in total. The van der Waals surface area contributed by atoms with Crippen LogP contribution in [0.5, 0.6) is 0 Å². The first-order valence-electron chi connectivity index (χ1n) is 12.7. The maximum atomic E-state index is 12.9. The zero-order chi connectivity index (χ0) is 31.4. The van der Waals surface area contributed by atoms with Crippen LogP contribution in [-0.2, 0) is 59.1 Å². The van der Waals surface area contributed by atoms with Crippen LogP contribution in [0.3, 0.4) is 0 Å². The molecular formula is C26H33N3O13. The molecule has 3 amide bonds. The van der Waals surface area contributed by atoms with Gasteiger partial charge in [0.15, 0.2) is 18.4 Å². The molecule has 1 aliphatic heterocycles. The highest BCUT2D eigenvalue weighted by Gasteiger charge is 2.51. The average Bonchev–Trinajstić information content (AvgIpc) is 2.89. The number of carbonyl (C=O) groups excluding carboxylic acids is 6. The monoisotopic (exact) mass is 595 g/mol. The van der Waals surface area contributed by atoms with Gasteiger partial charge >= 0.3 is 30.0 Å². The van der Waals surface area contributed by atoms with E-state index in [0.29, 0.717) is 5.56 Å². The first-order chi connectivity index (χ1) is 19.8. The quantitative estimate of drug-likeness (QED) is 0.177. The van der Waals surface area contributed by atoms with E-state index in [-0.39, 0.29) is 6.61 Å². The molecule has 16 heteroatoms. The Hall–Kier alpha value is -4.73. The van der Waals surface area contributed by atoms with Crippen molar-refractivity contribution in [3.8, 4) is 0 Å². The lowest BCUT2D eigenvalue weighted by Gasteiger charge is -2.45. The van der Waals surface area contributed by atoms with Gasteiger partial charge in [-0.25, -0.2) is 9.59 Å². The van der Waals surface area contributed by atoms with Crippen molar-refractivity contribution < 1.29 is 62.4 Å². The molecule has 1 aromatic rings. The molecular weight excluding hydrogens is 562 g/mol. The van der Waals surface area contributed by atoms with E-state index in [9.17, 15) is 38.7 Å². The predicted molar refractivity (Wildman–Crippen MR) is 138 cm³/mol. The second-order valence-electron chi connectivity index (χ2n) is 9.14. The van der Waals surface area contributed by atoms with Crippen molar-refractivity contribution in [2.24, 2.45) is 0 Å². The Labute approximate surface area is 240 Å². The summed E-state index contributed by atoms with van der Waals surface area (Å²) >= 11 is 0. The summed E-state index contributed by atoms with van der Waals surface area (Å²) in [5.41, 5.74) is 0.647. The summed E-state index contributed by atoms with van der Waals surface area (Å²) in [5, 5.41) is 16.5. The Morgan fingerprint density at radius 2 is 1.48 bits per heavy atom. The van der Waals surface area contributed by atoms with Gasteiger partial charge in [0, 0.05) is 27.7 Å². The van der Waals surface area contributed by atoms with Gasteiger partial charge in [-0.15, -0.1) is 0 Å². The van der Waals surface area contributed by atoms with E-state index in [1.165, 1.54) is 0 Å². The minimum Gasteiger partial charge on any atom is -0.480 e. The summed E-state index contributed by atoms with van der Waals surface area (Å²) in [7, 11) is 0. The fraction of sp³-hybridized carbons (Fsp3) is 0.500. The number of hydrogen-bond donors (Lipinski definition) is 4. The Morgan fingerprint density at radius 3 is 2.02 bits per heavy atom. The molecule has 0 unspecified atom stereocenters. The van der Waals surface area contributed by atoms with Gasteiger partial charge in [-0.05, 0) is 5.56 Å². The number of carbonyl (C=O) groups is 7. The molecule has 4 N–H and O–H groups in total. The van der Waals surface area contributed by atoms with Crippen molar-refractivity contribution in [3.63, 3.8) is 0 Å². The number of rotatable bonds is 12. The van der Waals surface area contributed by atoms with Crippen LogP contribution in [0.15, 0.2) is 30.3 Å². The zero-order valence-electron chi connectivity index (χ0n) is 23.3. The summed E-state index contributed by atoms with van der Waals surface area (Å²) < 4.78 is 26.4. The normalized spacial score (nSPS) is 22.0. The van der Waals surface area contributed by atoms with Crippen molar-refractivity contribution in [1.82, 2.24) is 16.0 Å². The van der Waals surface area contributed by atoms with E-state index in [4.69, 9.17) is 23.7 Å². The van der Waals surface area contributed by atoms with E-state index in [0.717, 1.165) is 27.7 Å². The Balaban J connectivity index is 2.23. The number of carboxylic acids is 1. The number of ether oxygens (including phenoxy) is 5. The van der Waals surface area contributed by atoms with Gasteiger partial charge in [-0.3, -0.25) is 24.0 Å². The van der Waals surface area contributed by atoms with E-state index >= 15 is 0 Å². The van der Waals surface area contributed by atoms with Gasteiger partial charge in [-0.1, -0.05) is 30.3 Å². The Kier molecular flexibility index (Phi) is 12.7. The number of aliphatic carboxylic acids is 1. The number of amides is 3. The van der Waals surface area contributed by atoms with Gasteiger partial charge in [0.2, 0.25) is 11.8 Å². The van der Waals surface area contributed by atoms with Crippen LogP contribution in [0.1, 0.15) is 39.7 Å². The smallest absolute Gasteiger partial charge is 0.408 e. The second kappa shape index (κ2) is 15.9. The lowest BCUT2D eigenvalue weighted by atomic mass is 9.95. The number of benzene rings is 1. The van der Waals surface area contributed by atoms with Crippen LogP contribution in [0.2, 0.25) is 0 Å². The van der Waals surface area contributed by atoms with E-state index in [2.05, 4.69) is 16.0 Å². The minimum atomic E-state index is -1.73. The predicted octanol–water partition coefficient (Wildman–Crippen LogP) is -0.472. The van der Waals surface area contributed by atoms with Crippen LogP contribution in [0.4, 0.5) is 4.79 Å². The number of hydrogen-bond acceptors (Lipinski definition) is 12. The van der Waals surface area contributed by atoms with Gasteiger partial charge in [0.25, 0.3) is 0 Å². The minimum absolute atomic E-state index is 0.149. The second-order valence-corrected chi connectivity index (χ2v) is 9.14. The molecule has 1 saturated heterocycles. The maximum Gasteiger partial charge on any atom is 0.408 e. The summed E-state index contributed by atoms with van der Waals surface area (Å²) in [6.07, 6.45) is -7.51. The van der Waals surface area contributed by atoms with Crippen molar-refractivity contribution in [2.75, 3.05) is 6.61 Å². The molecule has 42 heavy (non-hydrogen) atoms. The lowest BCUT2D eigenvalue weighted by molar-refractivity contribution is -0.228. The standard InChI is InChI=1S/C26H33N3O13/c1-13(30)27-21-23(41-16(4)33)22(40-15(3)32)19(12-38-14(2)31)42-24(21)29-20(34)10-18(25(35)36)28-26(37)39-11-17-8-6-5-7-9-17/h5-9,18-19,21-24H,10-12H2,1-4H3,(H,27,30)(H,28,37)(H,29,34)(H,35,36)/t18-,19+,21+,22+,23+,24+/m0/s1. The molecule has 0 saturated carbocycles. The molecule has 0 bridgehead atoms. The van der Waals surface area contributed by atoms with Crippen molar-refractivity contribution in [2.45, 2.75) is 77.3 Å². The summed E-state index contributed by atoms with van der Waals surface area (Å²) in [6, 6.07) is 5.51. The Bertz CT molecular complexity index is 1160. The molecule has 1 fully saturated rings. The molecule has 1 aliphatic rings. The lowest BCUT2D eigenvalue weighted by Crippen LogP contribution is -2.69. The fourth-order valence-corrected chi connectivity index (χ4v) is 3.97.